The second-order valence-electron chi connectivity index (χ2n) is 6.18. The average Bonchev–Trinajstić information content (AvgIpc) is 2.59. The molecule has 0 spiro atoms. The summed E-state index contributed by atoms with van der Waals surface area (Å²) in [6.07, 6.45) is 3.89. The summed E-state index contributed by atoms with van der Waals surface area (Å²) in [5, 5.41) is 11.0. The molecule has 1 heterocycles. The first kappa shape index (κ1) is 17.4. The third-order valence-corrected chi connectivity index (χ3v) is 4.41. The Labute approximate surface area is 123 Å². The van der Waals surface area contributed by atoms with Gasteiger partial charge >= 0.3 is 5.97 Å². The fraction of sp³-hybridized carbons (Fsp3) is 0.938. The highest BCUT2D eigenvalue weighted by Gasteiger charge is 2.42. The van der Waals surface area contributed by atoms with Crippen molar-refractivity contribution in [3.05, 3.63) is 0 Å². The molecule has 1 fully saturated rings. The first-order valence-electron chi connectivity index (χ1n) is 8.07. The van der Waals surface area contributed by atoms with Crippen LogP contribution in [-0.4, -0.2) is 47.3 Å². The maximum absolute atomic E-state index is 12.2. The molecule has 0 saturated carbocycles. The van der Waals surface area contributed by atoms with Crippen LogP contribution in [0.4, 0.5) is 0 Å². The third kappa shape index (κ3) is 4.45. The Morgan fingerprint density at radius 1 is 1.30 bits per heavy atom. The highest BCUT2D eigenvalue weighted by molar-refractivity contribution is 5.73. The minimum absolute atomic E-state index is 0.227. The number of likely N-dealkylation sites (tertiary alicyclic amines) is 1. The fourth-order valence-corrected chi connectivity index (χ4v) is 3.16. The smallest absolute Gasteiger partial charge is 0.311 e. The molecule has 4 nitrogen and oxygen atoms in total. The Balaban J connectivity index is 2.79. The molecule has 0 aromatic rings. The van der Waals surface area contributed by atoms with Gasteiger partial charge in [0.15, 0.2) is 0 Å². The molecular weight excluding hydrogens is 254 g/mol. The van der Waals surface area contributed by atoms with E-state index in [2.05, 4.69) is 18.7 Å². The van der Waals surface area contributed by atoms with E-state index in [-0.39, 0.29) is 11.9 Å². The van der Waals surface area contributed by atoms with Crippen molar-refractivity contribution in [3.63, 3.8) is 0 Å². The topological polar surface area (TPSA) is 49.8 Å². The number of rotatable bonds is 6. The zero-order valence-corrected chi connectivity index (χ0v) is 13.5. The van der Waals surface area contributed by atoms with E-state index in [1.807, 2.05) is 13.8 Å². The summed E-state index contributed by atoms with van der Waals surface area (Å²) in [5.74, 6) is -0.602. The van der Waals surface area contributed by atoms with Gasteiger partial charge in [0.05, 0.1) is 18.1 Å². The van der Waals surface area contributed by atoms with Crippen molar-refractivity contribution in [1.29, 1.82) is 0 Å². The molecular formula is C16H31NO3. The monoisotopic (exact) mass is 285 g/mol. The first-order chi connectivity index (χ1) is 9.44. The van der Waals surface area contributed by atoms with Crippen molar-refractivity contribution in [1.82, 2.24) is 4.90 Å². The normalized spacial score (nSPS) is 26.3. The summed E-state index contributed by atoms with van der Waals surface area (Å²) < 4.78 is 5.18. The first-order valence-corrected chi connectivity index (χ1v) is 8.07. The van der Waals surface area contributed by atoms with Crippen LogP contribution in [0.25, 0.3) is 0 Å². The SMILES string of the molecule is CCCC(C(=O)OCC)C1(O)CCCN(C(C)C)CC1. The summed E-state index contributed by atoms with van der Waals surface area (Å²) in [7, 11) is 0. The summed E-state index contributed by atoms with van der Waals surface area (Å²) >= 11 is 0. The van der Waals surface area contributed by atoms with Crippen molar-refractivity contribution in [3.8, 4) is 0 Å². The molecule has 1 N–H and O–H groups in total. The van der Waals surface area contributed by atoms with Crippen LogP contribution in [0.3, 0.4) is 0 Å². The van der Waals surface area contributed by atoms with E-state index < -0.39 is 5.60 Å². The number of carbonyl (C=O) groups excluding carboxylic acids is 1. The summed E-state index contributed by atoms with van der Waals surface area (Å²) in [5.41, 5.74) is -0.897. The number of hydrogen-bond acceptors (Lipinski definition) is 4. The summed E-state index contributed by atoms with van der Waals surface area (Å²) in [6, 6.07) is 0.490. The highest BCUT2D eigenvalue weighted by atomic mass is 16.5. The van der Waals surface area contributed by atoms with Crippen LogP contribution in [0.15, 0.2) is 0 Å². The van der Waals surface area contributed by atoms with Gasteiger partial charge in [-0.05, 0) is 53.0 Å². The van der Waals surface area contributed by atoms with Crippen LogP contribution >= 0.6 is 0 Å². The summed E-state index contributed by atoms with van der Waals surface area (Å²) in [4.78, 5) is 14.6. The Hall–Kier alpha value is -0.610. The second-order valence-corrected chi connectivity index (χ2v) is 6.18. The molecule has 1 aliphatic rings. The van der Waals surface area contributed by atoms with E-state index in [0.29, 0.717) is 31.9 Å². The van der Waals surface area contributed by atoms with E-state index in [0.717, 1.165) is 25.9 Å². The Morgan fingerprint density at radius 2 is 2.00 bits per heavy atom. The zero-order chi connectivity index (χ0) is 15.2. The minimum Gasteiger partial charge on any atom is -0.466 e. The Bertz CT molecular complexity index is 306. The molecule has 1 saturated heterocycles. The van der Waals surface area contributed by atoms with E-state index in [1.54, 1.807) is 0 Å². The fourth-order valence-electron chi connectivity index (χ4n) is 3.16. The number of hydrogen-bond donors (Lipinski definition) is 1. The van der Waals surface area contributed by atoms with E-state index >= 15 is 0 Å². The lowest BCUT2D eigenvalue weighted by Gasteiger charge is -2.34. The number of esters is 1. The van der Waals surface area contributed by atoms with E-state index in [4.69, 9.17) is 4.74 Å². The van der Waals surface area contributed by atoms with Gasteiger partial charge in [-0.1, -0.05) is 13.3 Å². The van der Waals surface area contributed by atoms with Gasteiger partial charge in [0.2, 0.25) is 0 Å². The van der Waals surface area contributed by atoms with Crippen LogP contribution in [0.1, 0.15) is 59.8 Å². The quantitative estimate of drug-likeness (QED) is 0.762. The molecule has 20 heavy (non-hydrogen) atoms. The van der Waals surface area contributed by atoms with Gasteiger partial charge in [-0.25, -0.2) is 0 Å². The van der Waals surface area contributed by atoms with Crippen molar-refractivity contribution in [2.75, 3.05) is 19.7 Å². The van der Waals surface area contributed by atoms with Crippen LogP contribution in [-0.2, 0) is 9.53 Å². The van der Waals surface area contributed by atoms with Gasteiger partial charge in [-0.2, -0.15) is 0 Å². The van der Waals surface area contributed by atoms with Crippen molar-refractivity contribution in [2.45, 2.75) is 71.4 Å². The highest BCUT2D eigenvalue weighted by Crippen LogP contribution is 2.34. The molecule has 1 rings (SSSR count). The van der Waals surface area contributed by atoms with Crippen molar-refractivity contribution < 1.29 is 14.6 Å². The van der Waals surface area contributed by atoms with E-state index in [9.17, 15) is 9.90 Å². The second kappa shape index (κ2) is 7.99. The van der Waals surface area contributed by atoms with Crippen molar-refractivity contribution in [2.24, 2.45) is 5.92 Å². The van der Waals surface area contributed by atoms with Crippen LogP contribution in [0, 0.1) is 5.92 Å². The lowest BCUT2D eigenvalue weighted by atomic mass is 9.79. The van der Waals surface area contributed by atoms with Crippen LogP contribution in [0.2, 0.25) is 0 Å². The predicted molar refractivity (Wildman–Crippen MR) is 80.5 cm³/mol. The molecule has 0 amide bonds. The molecule has 0 aliphatic carbocycles. The summed E-state index contributed by atoms with van der Waals surface area (Å²) in [6.45, 7) is 10.5. The molecule has 118 valence electrons. The Morgan fingerprint density at radius 3 is 2.55 bits per heavy atom. The molecule has 0 aromatic heterocycles. The van der Waals surface area contributed by atoms with E-state index in [1.165, 1.54) is 0 Å². The lowest BCUT2D eigenvalue weighted by molar-refractivity contribution is -0.160. The molecule has 2 unspecified atom stereocenters. The molecule has 1 aliphatic heterocycles. The number of carbonyl (C=O) groups is 1. The largest absolute Gasteiger partial charge is 0.466 e. The maximum Gasteiger partial charge on any atom is 0.311 e. The van der Waals surface area contributed by atoms with Gasteiger partial charge in [-0.15, -0.1) is 0 Å². The van der Waals surface area contributed by atoms with Crippen LogP contribution in [0.5, 0.6) is 0 Å². The zero-order valence-electron chi connectivity index (χ0n) is 13.5. The number of aliphatic hydroxyl groups is 1. The van der Waals surface area contributed by atoms with Crippen molar-refractivity contribution >= 4 is 5.97 Å². The van der Waals surface area contributed by atoms with Crippen LogP contribution < -0.4 is 0 Å². The molecule has 0 radical (unpaired) electrons. The molecule has 4 heteroatoms. The standard InChI is InChI=1S/C16H31NO3/c1-5-8-14(15(18)20-6-2)16(19)9-7-11-17(12-10-16)13(3)4/h13-14,19H,5-12H2,1-4H3. The van der Waals surface area contributed by atoms with Gasteiger partial charge in [0.1, 0.15) is 0 Å². The van der Waals surface area contributed by atoms with Gasteiger partial charge < -0.3 is 14.7 Å². The third-order valence-electron chi connectivity index (χ3n) is 4.41. The average molecular weight is 285 g/mol. The maximum atomic E-state index is 12.2. The number of nitrogens with zero attached hydrogens (tertiary/aromatic N) is 1. The van der Waals surface area contributed by atoms with Gasteiger partial charge in [0, 0.05) is 12.6 Å². The molecule has 2 atom stereocenters. The number of ether oxygens (including phenoxy) is 1. The molecule has 0 bridgehead atoms. The minimum atomic E-state index is -0.897. The Kier molecular flexibility index (Phi) is 6.96. The molecule has 0 aromatic carbocycles. The van der Waals surface area contributed by atoms with Gasteiger partial charge in [0.25, 0.3) is 0 Å². The predicted octanol–water partition coefficient (Wildman–Crippen LogP) is 2.59. The lowest BCUT2D eigenvalue weighted by Crippen LogP contribution is -2.44. The van der Waals surface area contributed by atoms with Gasteiger partial charge in [-0.3, -0.25) is 4.79 Å².